The van der Waals surface area contributed by atoms with E-state index in [4.69, 9.17) is 9.47 Å². The Balaban J connectivity index is 2.02. The minimum Gasteiger partial charge on any atom is -0.348 e. The lowest BCUT2D eigenvalue weighted by Gasteiger charge is -2.45. The highest BCUT2D eigenvalue weighted by atomic mass is 19.4. The van der Waals surface area contributed by atoms with Crippen molar-refractivity contribution in [1.29, 1.82) is 0 Å². The van der Waals surface area contributed by atoms with Crippen molar-refractivity contribution in [3.63, 3.8) is 0 Å². The summed E-state index contributed by atoms with van der Waals surface area (Å²) in [5.41, 5.74) is -14.9. The Morgan fingerprint density at radius 1 is 0.679 bits per heavy atom. The fourth-order valence-electron chi connectivity index (χ4n) is 8.13. The Morgan fingerprint density at radius 2 is 1.12 bits per heavy atom. The molecule has 1 aliphatic carbocycles. The highest BCUT2D eigenvalue weighted by Crippen LogP contribution is 2.61. The third kappa shape index (κ3) is 7.00. The zero-order valence-corrected chi connectivity index (χ0v) is 31.5. The first kappa shape index (κ1) is 43.1. The summed E-state index contributed by atoms with van der Waals surface area (Å²) in [4.78, 5) is 0.444. The summed E-state index contributed by atoms with van der Waals surface area (Å²) in [6.45, 7) is 8.12. The topological polar surface area (TPSA) is 21.7 Å². The molecule has 15 heteroatoms. The molecule has 56 heavy (non-hydrogen) atoms. The second-order valence-electron chi connectivity index (χ2n) is 14.6. The lowest BCUT2D eigenvalue weighted by Crippen LogP contribution is -2.62. The molecule has 0 saturated carbocycles. The molecule has 0 aromatic heterocycles. The molecule has 0 bridgehead atoms. The second kappa shape index (κ2) is 14.8. The van der Waals surface area contributed by atoms with E-state index >= 15 is 52.7 Å². The van der Waals surface area contributed by atoms with E-state index in [9.17, 15) is 0 Å². The number of rotatable bonds is 5. The molecule has 2 aliphatic rings. The van der Waals surface area contributed by atoms with Crippen LogP contribution in [-0.2, 0) is 20.7 Å². The number of hydrogen-bond acceptors (Lipinski definition) is 3. The molecule has 0 fully saturated rings. The Morgan fingerprint density at radius 3 is 1.55 bits per heavy atom. The number of ether oxygens (including phenoxy) is 2. The van der Waals surface area contributed by atoms with Gasteiger partial charge < -0.3 is 14.4 Å². The Hall–Kier alpha value is -3.98. The van der Waals surface area contributed by atoms with Crippen LogP contribution in [0.5, 0.6) is 0 Å². The van der Waals surface area contributed by atoms with Gasteiger partial charge in [-0.2, -0.15) is 52.7 Å². The Labute approximate surface area is 317 Å². The average Bonchev–Trinajstić information content (AvgIpc) is 3.41. The molecule has 3 aromatic carbocycles. The normalized spacial score (nSPS) is 22.6. The molecule has 0 radical (unpaired) electrons. The maximum Gasteiger partial charge on any atom is 0.430 e. The zero-order chi connectivity index (χ0) is 42.0. The van der Waals surface area contributed by atoms with Crippen LogP contribution in [0.2, 0.25) is 0 Å². The average molecular weight is 808 g/mol. The van der Waals surface area contributed by atoms with E-state index in [1.807, 2.05) is 6.92 Å². The number of aryl methyl sites for hydroxylation is 2. The summed E-state index contributed by atoms with van der Waals surface area (Å²) >= 11 is 0. The van der Waals surface area contributed by atoms with Crippen molar-refractivity contribution in [2.75, 3.05) is 11.9 Å². The SMILES string of the molecule is CCC[C@H](C)C1=CC(C2OC(C(F)(F)F)(C(F)(F)F)c3cc(C)ccc3N(C)c3ccc(C)cc3C(C(F)(F)F)(C(F)(F)F)OC2C)C(c2ccccc2)=C1C. The monoisotopic (exact) mass is 807 g/mol. The first-order chi connectivity index (χ1) is 25.7. The van der Waals surface area contributed by atoms with Crippen LogP contribution in [0, 0.1) is 25.7 Å². The minimum atomic E-state index is -6.39. The maximum atomic E-state index is 15.9. The van der Waals surface area contributed by atoms with Gasteiger partial charge in [0.2, 0.25) is 0 Å². The largest absolute Gasteiger partial charge is 0.430 e. The van der Waals surface area contributed by atoms with Crippen molar-refractivity contribution in [2.45, 2.75) is 102 Å². The maximum absolute atomic E-state index is 15.9. The lowest BCUT2D eigenvalue weighted by atomic mass is 9.84. The van der Waals surface area contributed by atoms with Crippen LogP contribution in [0.1, 0.15) is 68.4 Å². The fourth-order valence-corrected chi connectivity index (χ4v) is 8.13. The third-order valence-electron chi connectivity index (χ3n) is 10.7. The first-order valence-corrected chi connectivity index (χ1v) is 17.8. The van der Waals surface area contributed by atoms with Crippen LogP contribution < -0.4 is 4.90 Å². The number of allylic oxidation sites excluding steroid dienone is 2. The van der Waals surface area contributed by atoms with E-state index in [0.29, 0.717) is 47.9 Å². The van der Waals surface area contributed by atoms with Crippen LogP contribution in [0.25, 0.3) is 5.57 Å². The predicted octanol–water partition coefficient (Wildman–Crippen LogP) is 13.0. The van der Waals surface area contributed by atoms with E-state index in [1.165, 1.54) is 44.2 Å². The number of benzene rings is 3. The fraction of sp³-hybridized carbons (Fsp3) is 0.463. The number of hydrogen-bond donors (Lipinski definition) is 0. The van der Waals surface area contributed by atoms with E-state index in [-0.39, 0.29) is 28.2 Å². The van der Waals surface area contributed by atoms with E-state index in [2.05, 4.69) is 0 Å². The van der Waals surface area contributed by atoms with E-state index in [0.717, 1.165) is 31.3 Å². The predicted molar refractivity (Wildman–Crippen MR) is 188 cm³/mol. The number of alkyl halides is 12. The van der Waals surface area contributed by atoms with Crippen molar-refractivity contribution in [1.82, 2.24) is 0 Å². The van der Waals surface area contributed by atoms with Gasteiger partial charge >= 0.3 is 24.7 Å². The summed E-state index contributed by atoms with van der Waals surface area (Å²) < 4.78 is 199. The Kier molecular flexibility index (Phi) is 11.4. The lowest BCUT2D eigenvalue weighted by molar-refractivity contribution is -0.424. The van der Waals surface area contributed by atoms with Crippen LogP contribution in [0.3, 0.4) is 0 Å². The molecule has 3 aromatic rings. The summed E-state index contributed by atoms with van der Waals surface area (Å²) in [7, 11) is 0.789. The second-order valence-corrected chi connectivity index (χ2v) is 14.6. The molecule has 5 rings (SSSR count). The van der Waals surface area contributed by atoms with E-state index < -0.39 is 76.5 Å². The highest BCUT2D eigenvalue weighted by Gasteiger charge is 2.78. The van der Waals surface area contributed by atoms with Crippen molar-refractivity contribution in [3.8, 4) is 0 Å². The van der Waals surface area contributed by atoms with Gasteiger partial charge in [-0.3, -0.25) is 0 Å². The summed E-state index contributed by atoms with van der Waals surface area (Å²) in [5.74, 6) is -2.14. The van der Waals surface area contributed by atoms with E-state index in [1.54, 1.807) is 19.9 Å². The zero-order valence-electron chi connectivity index (χ0n) is 31.5. The molecule has 0 saturated heterocycles. The van der Waals surface area contributed by atoms with Gasteiger partial charge in [-0.15, -0.1) is 0 Å². The third-order valence-corrected chi connectivity index (χ3v) is 10.7. The molecule has 3 unspecified atom stereocenters. The van der Waals surface area contributed by atoms with Gasteiger partial charge in [0.05, 0.1) is 12.2 Å². The summed E-state index contributed by atoms with van der Waals surface area (Å²) in [6, 6.07) is 12.4. The first-order valence-electron chi connectivity index (χ1n) is 17.8. The van der Waals surface area contributed by atoms with Crippen LogP contribution in [0.15, 0.2) is 84.0 Å². The van der Waals surface area contributed by atoms with Gasteiger partial charge in [-0.05, 0) is 74.4 Å². The van der Waals surface area contributed by atoms with Crippen molar-refractivity contribution >= 4 is 16.9 Å². The molecule has 0 N–H and O–H groups in total. The molecule has 1 heterocycles. The molecule has 306 valence electrons. The van der Waals surface area contributed by atoms with Crippen molar-refractivity contribution in [3.05, 3.63) is 112 Å². The molecule has 0 spiro atoms. The van der Waals surface area contributed by atoms with Crippen LogP contribution in [0.4, 0.5) is 64.1 Å². The van der Waals surface area contributed by atoms with Gasteiger partial charge in [0, 0.05) is 35.5 Å². The van der Waals surface area contributed by atoms with Gasteiger partial charge in [0.1, 0.15) is 0 Å². The van der Waals surface area contributed by atoms with Crippen LogP contribution >= 0.6 is 0 Å². The number of fused-ring (bicyclic) bond motifs is 2. The summed E-state index contributed by atoms with van der Waals surface area (Å²) in [5, 5.41) is 0. The standard InChI is InChI=1S/C41H41F12NO2/c1-8-12-24(4)28-21-29(34(25(28)5)27-13-10-9-11-14-27)35-26(6)55-36(38(42,43)44,39(45,46)47)30-19-22(2)15-17-32(30)54(7)33-18-16-23(3)20-31(33)37(56-35,40(48,49)50)41(51,52)53/h9-11,13-21,24,26,29,35H,8,12H2,1-7H3/t24-,26?,29?,35?/m0/s1. The summed E-state index contributed by atoms with van der Waals surface area (Å²) in [6.07, 6.45) is -28.7. The molecule has 1 aliphatic heterocycles. The molecule has 0 amide bonds. The number of halogens is 12. The highest BCUT2D eigenvalue weighted by molar-refractivity contribution is 5.79. The smallest absolute Gasteiger partial charge is 0.348 e. The molecule has 4 atom stereocenters. The van der Waals surface area contributed by atoms with Gasteiger partial charge in [0.15, 0.2) is 0 Å². The Bertz CT molecular complexity index is 1950. The molecule has 3 nitrogen and oxygen atoms in total. The van der Waals surface area contributed by atoms with Gasteiger partial charge in [-0.25, -0.2) is 0 Å². The molecular weight excluding hydrogens is 766 g/mol. The quantitative estimate of drug-likeness (QED) is 0.240. The minimum absolute atomic E-state index is 0.0690. The number of anilines is 2. The van der Waals surface area contributed by atoms with Crippen LogP contribution in [-0.4, -0.2) is 44.0 Å². The van der Waals surface area contributed by atoms with Gasteiger partial charge in [0.25, 0.3) is 11.2 Å². The van der Waals surface area contributed by atoms with Crippen molar-refractivity contribution < 1.29 is 62.2 Å². The van der Waals surface area contributed by atoms with Gasteiger partial charge in [-0.1, -0.05) is 92.1 Å². The molecular formula is C41H41F12NO2. The van der Waals surface area contributed by atoms with Crippen molar-refractivity contribution in [2.24, 2.45) is 11.8 Å². The number of nitrogens with zero attached hydrogens (tertiary/aromatic N) is 1.